The SMILES string of the molecule is COc1ccc(OC)c(N2CCCC(=O)C2=O)c1. The normalized spacial score (nSPS) is 15.8. The van der Waals surface area contributed by atoms with E-state index in [9.17, 15) is 9.59 Å². The highest BCUT2D eigenvalue weighted by Gasteiger charge is 2.29. The Bertz CT molecular complexity index is 484. The van der Waals surface area contributed by atoms with E-state index < -0.39 is 5.91 Å². The van der Waals surface area contributed by atoms with Gasteiger partial charge in [0.05, 0.1) is 19.9 Å². The van der Waals surface area contributed by atoms with Crippen LogP contribution in [0.5, 0.6) is 11.5 Å². The maximum absolute atomic E-state index is 11.9. The molecule has 1 saturated heterocycles. The fraction of sp³-hybridized carbons (Fsp3) is 0.385. The van der Waals surface area contributed by atoms with Crippen LogP contribution in [-0.4, -0.2) is 32.5 Å². The molecule has 1 fully saturated rings. The van der Waals surface area contributed by atoms with Gasteiger partial charge in [0.2, 0.25) is 5.78 Å². The first-order valence-electron chi connectivity index (χ1n) is 5.74. The van der Waals surface area contributed by atoms with Crippen molar-refractivity contribution in [1.82, 2.24) is 0 Å². The van der Waals surface area contributed by atoms with Crippen molar-refractivity contribution in [1.29, 1.82) is 0 Å². The molecule has 1 amide bonds. The van der Waals surface area contributed by atoms with E-state index in [1.165, 1.54) is 12.0 Å². The lowest BCUT2D eigenvalue weighted by molar-refractivity contribution is -0.137. The molecule has 1 aromatic rings. The summed E-state index contributed by atoms with van der Waals surface area (Å²) >= 11 is 0. The van der Waals surface area contributed by atoms with E-state index in [4.69, 9.17) is 9.47 Å². The van der Waals surface area contributed by atoms with E-state index in [0.29, 0.717) is 36.6 Å². The fourth-order valence-electron chi connectivity index (χ4n) is 1.99. The number of carbonyl (C=O) groups is 2. The van der Waals surface area contributed by atoms with Gasteiger partial charge in [-0.2, -0.15) is 0 Å². The number of rotatable bonds is 3. The van der Waals surface area contributed by atoms with E-state index in [2.05, 4.69) is 0 Å². The molecule has 0 saturated carbocycles. The third-order valence-electron chi connectivity index (χ3n) is 2.95. The lowest BCUT2D eigenvalue weighted by atomic mass is 10.1. The zero-order chi connectivity index (χ0) is 13.1. The second-order valence-electron chi connectivity index (χ2n) is 4.02. The molecule has 0 radical (unpaired) electrons. The van der Waals surface area contributed by atoms with E-state index in [-0.39, 0.29) is 5.78 Å². The van der Waals surface area contributed by atoms with Crippen LogP contribution in [-0.2, 0) is 9.59 Å². The number of ketones is 1. The van der Waals surface area contributed by atoms with Crippen LogP contribution in [0.15, 0.2) is 18.2 Å². The second-order valence-corrected chi connectivity index (χ2v) is 4.02. The molecule has 0 spiro atoms. The number of amides is 1. The molecule has 1 aromatic carbocycles. The van der Waals surface area contributed by atoms with Crippen LogP contribution in [0.4, 0.5) is 5.69 Å². The summed E-state index contributed by atoms with van der Waals surface area (Å²) in [6.45, 7) is 0.522. The van der Waals surface area contributed by atoms with Gasteiger partial charge < -0.3 is 14.4 Å². The predicted octanol–water partition coefficient (Wildman–Crippen LogP) is 1.40. The van der Waals surface area contributed by atoms with Crippen LogP contribution < -0.4 is 14.4 Å². The summed E-state index contributed by atoms with van der Waals surface area (Å²) in [6, 6.07) is 5.18. The molecule has 0 aliphatic carbocycles. The summed E-state index contributed by atoms with van der Waals surface area (Å²) < 4.78 is 10.3. The van der Waals surface area contributed by atoms with Crippen molar-refractivity contribution < 1.29 is 19.1 Å². The third kappa shape index (κ3) is 2.16. The third-order valence-corrected chi connectivity index (χ3v) is 2.95. The maximum atomic E-state index is 11.9. The number of methoxy groups -OCH3 is 2. The Morgan fingerprint density at radius 3 is 2.61 bits per heavy atom. The highest BCUT2D eigenvalue weighted by atomic mass is 16.5. The Hall–Kier alpha value is -2.04. The molecule has 1 aliphatic heterocycles. The maximum Gasteiger partial charge on any atom is 0.294 e. The van der Waals surface area contributed by atoms with E-state index >= 15 is 0 Å². The van der Waals surface area contributed by atoms with E-state index in [0.717, 1.165) is 0 Å². The molecule has 0 atom stereocenters. The Labute approximate surface area is 105 Å². The van der Waals surface area contributed by atoms with Gasteiger partial charge in [-0.05, 0) is 18.6 Å². The predicted molar refractivity (Wildman–Crippen MR) is 66.1 cm³/mol. The van der Waals surface area contributed by atoms with Crippen molar-refractivity contribution in [3.8, 4) is 11.5 Å². The zero-order valence-corrected chi connectivity index (χ0v) is 10.4. The van der Waals surface area contributed by atoms with Crippen molar-refractivity contribution in [3.05, 3.63) is 18.2 Å². The lowest BCUT2D eigenvalue weighted by Crippen LogP contribution is -2.41. The molecule has 96 valence electrons. The van der Waals surface area contributed by atoms with Gasteiger partial charge in [0.1, 0.15) is 11.5 Å². The van der Waals surface area contributed by atoms with Crippen molar-refractivity contribution in [2.24, 2.45) is 0 Å². The molecule has 18 heavy (non-hydrogen) atoms. The zero-order valence-electron chi connectivity index (χ0n) is 10.4. The first-order valence-corrected chi connectivity index (χ1v) is 5.74. The molecular formula is C13H15NO4. The molecule has 0 N–H and O–H groups in total. The second kappa shape index (κ2) is 5.08. The molecule has 2 rings (SSSR count). The van der Waals surface area contributed by atoms with Crippen LogP contribution in [0.2, 0.25) is 0 Å². The number of piperidine rings is 1. The summed E-state index contributed by atoms with van der Waals surface area (Å²) in [5, 5.41) is 0. The number of carbonyl (C=O) groups excluding carboxylic acids is 2. The van der Waals surface area contributed by atoms with E-state index in [1.807, 2.05) is 0 Å². The fourth-order valence-corrected chi connectivity index (χ4v) is 1.99. The van der Waals surface area contributed by atoms with Gasteiger partial charge in [-0.25, -0.2) is 0 Å². The summed E-state index contributed by atoms with van der Waals surface area (Å²) in [5.74, 6) is 0.342. The summed E-state index contributed by atoms with van der Waals surface area (Å²) in [4.78, 5) is 24.8. The van der Waals surface area contributed by atoms with E-state index in [1.54, 1.807) is 25.3 Å². The average Bonchev–Trinajstić information content (AvgIpc) is 2.41. The van der Waals surface area contributed by atoms with Gasteiger partial charge in [-0.3, -0.25) is 9.59 Å². The van der Waals surface area contributed by atoms with Gasteiger partial charge in [-0.1, -0.05) is 0 Å². The Morgan fingerprint density at radius 2 is 1.94 bits per heavy atom. The minimum absolute atomic E-state index is 0.321. The van der Waals surface area contributed by atoms with Gasteiger partial charge in [-0.15, -0.1) is 0 Å². The highest BCUT2D eigenvalue weighted by molar-refractivity contribution is 6.42. The smallest absolute Gasteiger partial charge is 0.294 e. The number of hydrogen-bond donors (Lipinski definition) is 0. The molecule has 0 aromatic heterocycles. The number of anilines is 1. The molecular weight excluding hydrogens is 234 g/mol. The monoisotopic (exact) mass is 249 g/mol. The van der Waals surface area contributed by atoms with Gasteiger partial charge in [0.15, 0.2) is 0 Å². The molecule has 0 unspecified atom stereocenters. The minimum Gasteiger partial charge on any atom is -0.497 e. The number of hydrogen-bond acceptors (Lipinski definition) is 4. The van der Waals surface area contributed by atoms with Crippen molar-refractivity contribution in [3.63, 3.8) is 0 Å². The van der Waals surface area contributed by atoms with Crippen LogP contribution in [0.25, 0.3) is 0 Å². The summed E-state index contributed by atoms with van der Waals surface area (Å²) in [7, 11) is 3.08. The quantitative estimate of drug-likeness (QED) is 0.760. The molecule has 1 heterocycles. The van der Waals surface area contributed by atoms with Gasteiger partial charge in [0, 0.05) is 19.0 Å². The summed E-state index contributed by atoms with van der Waals surface area (Å²) in [6.07, 6.45) is 0.993. The standard InChI is InChI=1S/C13H15NO4/c1-17-9-5-6-12(18-2)10(8-9)14-7-3-4-11(15)13(14)16/h5-6,8H,3-4,7H2,1-2H3. The molecule has 0 bridgehead atoms. The molecule has 1 aliphatic rings. The van der Waals surface area contributed by atoms with Crippen LogP contribution in [0.1, 0.15) is 12.8 Å². The minimum atomic E-state index is -0.479. The molecule has 5 nitrogen and oxygen atoms in total. The Balaban J connectivity index is 2.41. The topological polar surface area (TPSA) is 55.8 Å². The number of ether oxygens (including phenoxy) is 2. The van der Waals surface area contributed by atoms with Gasteiger partial charge >= 0.3 is 0 Å². The van der Waals surface area contributed by atoms with Crippen molar-refractivity contribution in [2.75, 3.05) is 25.7 Å². The van der Waals surface area contributed by atoms with Crippen LogP contribution in [0, 0.1) is 0 Å². The summed E-state index contributed by atoms with van der Waals surface area (Å²) in [5.41, 5.74) is 0.579. The Morgan fingerprint density at radius 1 is 1.17 bits per heavy atom. The molecule has 5 heteroatoms. The van der Waals surface area contributed by atoms with Gasteiger partial charge in [0.25, 0.3) is 5.91 Å². The first-order chi connectivity index (χ1) is 8.67. The first kappa shape index (κ1) is 12.4. The van der Waals surface area contributed by atoms with Crippen LogP contribution in [0.3, 0.4) is 0 Å². The van der Waals surface area contributed by atoms with Crippen LogP contribution >= 0.6 is 0 Å². The average molecular weight is 249 g/mol. The number of nitrogens with zero attached hydrogens (tertiary/aromatic N) is 1. The highest BCUT2D eigenvalue weighted by Crippen LogP contribution is 2.33. The number of benzene rings is 1. The largest absolute Gasteiger partial charge is 0.497 e. The Kier molecular flexibility index (Phi) is 3.50. The lowest BCUT2D eigenvalue weighted by Gasteiger charge is -2.27. The van der Waals surface area contributed by atoms with Crippen molar-refractivity contribution in [2.45, 2.75) is 12.8 Å². The van der Waals surface area contributed by atoms with Crippen molar-refractivity contribution >= 4 is 17.4 Å². The number of Topliss-reactive ketones (excluding diaryl/α,β-unsaturated/α-hetero) is 1.